The molecule has 1 atom stereocenters. The maximum atomic E-state index is 12.8. The van der Waals surface area contributed by atoms with Crippen LogP contribution in [0.15, 0.2) is 0 Å². The van der Waals surface area contributed by atoms with Crippen molar-refractivity contribution in [1.29, 1.82) is 0 Å². The highest BCUT2D eigenvalue weighted by molar-refractivity contribution is 7.89. The lowest BCUT2D eigenvalue weighted by Crippen LogP contribution is -2.44. The third-order valence-electron chi connectivity index (χ3n) is 5.31. The van der Waals surface area contributed by atoms with E-state index >= 15 is 0 Å². The number of hydrogen-bond donors (Lipinski definition) is 1. The molecule has 9 heteroatoms. The number of ether oxygens (including phenoxy) is 1. The molecule has 0 spiro atoms. The Bertz CT molecular complexity index is 831. The van der Waals surface area contributed by atoms with Crippen LogP contribution in [-0.4, -0.2) is 50.6 Å². The summed E-state index contributed by atoms with van der Waals surface area (Å²) in [6, 6.07) is 0. The van der Waals surface area contributed by atoms with Crippen molar-refractivity contribution >= 4 is 38.2 Å². The molecule has 1 unspecified atom stereocenters. The minimum atomic E-state index is -3.31. The number of anilines is 1. The summed E-state index contributed by atoms with van der Waals surface area (Å²) >= 11 is 1.44. The number of carbonyl (C=O) groups is 2. The van der Waals surface area contributed by atoms with Gasteiger partial charge in [0, 0.05) is 18.0 Å². The lowest BCUT2D eigenvalue weighted by molar-refractivity contribution is -0.120. The first-order chi connectivity index (χ1) is 12.9. The van der Waals surface area contributed by atoms with Gasteiger partial charge in [0.15, 0.2) is 0 Å². The fourth-order valence-corrected chi connectivity index (χ4v) is 6.24. The number of nitrogens with one attached hydrogen (secondary N) is 1. The molecule has 27 heavy (non-hydrogen) atoms. The van der Waals surface area contributed by atoms with E-state index in [2.05, 4.69) is 5.32 Å². The van der Waals surface area contributed by atoms with Gasteiger partial charge in [-0.1, -0.05) is 0 Å². The van der Waals surface area contributed by atoms with Crippen LogP contribution in [-0.2, 0) is 32.4 Å². The number of methoxy groups -OCH3 is 1. The summed E-state index contributed by atoms with van der Waals surface area (Å²) < 4.78 is 30.6. The number of esters is 1. The van der Waals surface area contributed by atoms with Crippen molar-refractivity contribution in [3.8, 4) is 0 Å². The van der Waals surface area contributed by atoms with E-state index in [1.165, 1.54) is 22.8 Å². The summed E-state index contributed by atoms with van der Waals surface area (Å²) in [4.78, 5) is 26.3. The third-order valence-corrected chi connectivity index (χ3v) is 8.37. The van der Waals surface area contributed by atoms with Crippen LogP contribution in [0.3, 0.4) is 0 Å². The summed E-state index contributed by atoms with van der Waals surface area (Å²) in [5, 5.41) is 3.44. The average Bonchev–Trinajstić information content (AvgIpc) is 3.05. The van der Waals surface area contributed by atoms with E-state index in [1.54, 1.807) is 6.92 Å². The molecule has 1 aromatic heterocycles. The molecular weight excluding hydrogens is 388 g/mol. The van der Waals surface area contributed by atoms with Gasteiger partial charge in [-0.05, 0) is 51.0 Å². The minimum Gasteiger partial charge on any atom is -0.465 e. The fraction of sp³-hybridized carbons (Fsp3) is 0.667. The molecule has 1 amide bonds. The van der Waals surface area contributed by atoms with E-state index in [0.717, 1.165) is 36.1 Å². The molecule has 1 fully saturated rings. The Kier molecular flexibility index (Phi) is 6.22. The monoisotopic (exact) mass is 414 g/mol. The van der Waals surface area contributed by atoms with Crippen LogP contribution in [0.2, 0.25) is 0 Å². The number of sulfonamides is 1. The van der Waals surface area contributed by atoms with Gasteiger partial charge in [-0.15, -0.1) is 11.3 Å². The topological polar surface area (TPSA) is 92.8 Å². The second kappa shape index (κ2) is 8.28. The second-order valence-corrected chi connectivity index (χ2v) is 10.4. The molecule has 0 radical (unpaired) electrons. The van der Waals surface area contributed by atoms with Crippen molar-refractivity contribution in [2.45, 2.75) is 45.4 Å². The van der Waals surface area contributed by atoms with Gasteiger partial charge in [-0.2, -0.15) is 0 Å². The molecule has 2 aliphatic rings. The molecule has 0 aromatic carbocycles. The van der Waals surface area contributed by atoms with Crippen molar-refractivity contribution in [1.82, 2.24) is 4.31 Å². The Morgan fingerprint density at radius 1 is 1.26 bits per heavy atom. The number of aryl methyl sites for hydroxylation is 1. The van der Waals surface area contributed by atoms with Crippen LogP contribution >= 0.6 is 11.3 Å². The molecule has 0 saturated carbocycles. The Morgan fingerprint density at radius 3 is 2.70 bits per heavy atom. The third kappa shape index (κ3) is 4.20. The van der Waals surface area contributed by atoms with Gasteiger partial charge in [0.1, 0.15) is 5.00 Å². The van der Waals surface area contributed by atoms with Crippen molar-refractivity contribution < 1.29 is 22.7 Å². The maximum absolute atomic E-state index is 12.8. The molecule has 1 aromatic rings. The van der Waals surface area contributed by atoms with Crippen molar-refractivity contribution in [3.05, 3.63) is 16.0 Å². The quantitative estimate of drug-likeness (QED) is 0.747. The number of carbonyl (C=O) groups excluding carboxylic acids is 2. The first kappa shape index (κ1) is 20.3. The normalized spacial score (nSPS) is 20.7. The zero-order chi connectivity index (χ0) is 19.6. The number of amides is 1. The van der Waals surface area contributed by atoms with Crippen LogP contribution in [0.4, 0.5) is 5.00 Å². The number of fused-ring (bicyclic) bond motifs is 1. The number of nitrogens with zero attached hydrogens (tertiary/aromatic N) is 1. The Morgan fingerprint density at radius 2 is 2.00 bits per heavy atom. The van der Waals surface area contributed by atoms with Crippen molar-refractivity contribution in [3.63, 3.8) is 0 Å². The standard InChI is InChI=1S/C18H26N2O5S2/c1-3-27(23,24)20-10-6-7-12(11-20)16(21)19-17-15(18(22)25-2)13-8-4-5-9-14(13)26-17/h12H,3-11H2,1-2H3,(H,19,21). The fourth-order valence-electron chi connectivity index (χ4n) is 3.78. The number of rotatable bonds is 5. The summed E-state index contributed by atoms with van der Waals surface area (Å²) in [6.45, 7) is 2.26. The molecule has 1 aliphatic heterocycles. The van der Waals surface area contributed by atoms with E-state index in [9.17, 15) is 18.0 Å². The largest absolute Gasteiger partial charge is 0.465 e. The SMILES string of the molecule is CCS(=O)(=O)N1CCCC(C(=O)Nc2sc3c(c2C(=O)OC)CCCC3)C1. The molecule has 0 bridgehead atoms. The zero-order valence-electron chi connectivity index (χ0n) is 15.7. The van der Waals surface area contributed by atoms with Crippen LogP contribution in [0.25, 0.3) is 0 Å². The highest BCUT2D eigenvalue weighted by Gasteiger charge is 2.33. The molecule has 150 valence electrons. The molecule has 1 N–H and O–H groups in total. The Hall–Kier alpha value is -1.45. The van der Waals surface area contributed by atoms with Crippen molar-refractivity contribution in [2.24, 2.45) is 5.92 Å². The van der Waals surface area contributed by atoms with Crippen molar-refractivity contribution in [2.75, 3.05) is 31.3 Å². The molecule has 7 nitrogen and oxygen atoms in total. The highest BCUT2D eigenvalue weighted by Crippen LogP contribution is 2.39. The van der Waals surface area contributed by atoms with Gasteiger partial charge in [0.25, 0.3) is 0 Å². The van der Waals surface area contributed by atoms with Crippen LogP contribution in [0.1, 0.15) is 53.4 Å². The summed E-state index contributed by atoms with van der Waals surface area (Å²) in [5.74, 6) is -1.03. The van der Waals surface area contributed by atoms with Gasteiger partial charge in [-0.25, -0.2) is 17.5 Å². The molecule has 2 heterocycles. The summed E-state index contributed by atoms with van der Waals surface area (Å²) in [7, 11) is -1.96. The number of thiophene rings is 1. The first-order valence-corrected chi connectivity index (χ1v) is 11.8. The molecular formula is C18H26N2O5S2. The van der Waals surface area contributed by atoms with Crippen LogP contribution in [0, 0.1) is 5.92 Å². The molecule has 1 aliphatic carbocycles. The van der Waals surface area contributed by atoms with Crippen LogP contribution in [0.5, 0.6) is 0 Å². The molecule has 1 saturated heterocycles. The van der Waals surface area contributed by atoms with Gasteiger partial charge in [0.2, 0.25) is 15.9 Å². The summed E-state index contributed by atoms with van der Waals surface area (Å²) in [6.07, 6.45) is 5.12. The van der Waals surface area contributed by atoms with E-state index in [-0.39, 0.29) is 18.2 Å². The van der Waals surface area contributed by atoms with E-state index in [4.69, 9.17) is 4.74 Å². The van der Waals surface area contributed by atoms with E-state index in [1.807, 2.05) is 0 Å². The smallest absolute Gasteiger partial charge is 0.341 e. The van der Waals surface area contributed by atoms with Gasteiger partial charge in [-0.3, -0.25) is 4.79 Å². The van der Waals surface area contributed by atoms with Crippen LogP contribution < -0.4 is 5.32 Å². The Labute approximate surface area is 164 Å². The maximum Gasteiger partial charge on any atom is 0.341 e. The predicted octanol–water partition coefficient (Wildman–Crippen LogP) is 2.41. The first-order valence-electron chi connectivity index (χ1n) is 9.39. The lowest BCUT2D eigenvalue weighted by atomic mass is 9.95. The average molecular weight is 415 g/mol. The number of piperidine rings is 1. The highest BCUT2D eigenvalue weighted by atomic mass is 32.2. The van der Waals surface area contributed by atoms with Gasteiger partial charge >= 0.3 is 5.97 Å². The Balaban J connectivity index is 1.80. The zero-order valence-corrected chi connectivity index (χ0v) is 17.4. The minimum absolute atomic E-state index is 0.0332. The van der Waals surface area contributed by atoms with Gasteiger partial charge in [0.05, 0.1) is 24.3 Å². The summed E-state index contributed by atoms with van der Waals surface area (Å²) in [5.41, 5.74) is 1.46. The van der Waals surface area contributed by atoms with Gasteiger partial charge < -0.3 is 10.1 Å². The van der Waals surface area contributed by atoms with E-state index < -0.39 is 21.9 Å². The lowest BCUT2D eigenvalue weighted by Gasteiger charge is -2.30. The molecule has 3 rings (SSSR count). The number of hydrogen-bond acceptors (Lipinski definition) is 6. The second-order valence-electron chi connectivity index (χ2n) is 6.99. The van der Waals surface area contributed by atoms with E-state index in [0.29, 0.717) is 30.0 Å². The predicted molar refractivity (Wildman–Crippen MR) is 105 cm³/mol.